The second-order valence-electron chi connectivity index (χ2n) is 3.72. The first-order chi connectivity index (χ1) is 5.68. The molecule has 68 valence electrons. The summed E-state index contributed by atoms with van der Waals surface area (Å²) in [6.45, 7) is 6.78. The maximum Gasteiger partial charge on any atom is 0.0905 e. The highest BCUT2D eigenvalue weighted by molar-refractivity contribution is 5.55. The molecule has 0 saturated heterocycles. The fourth-order valence-electron chi connectivity index (χ4n) is 1.33. The third-order valence-electron chi connectivity index (χ3n) is 2.25. The minimum atomic E-state index is 0.871. The summed E-state index contributed by atoms with van der Waals surface area (Å²) in [5.74, 6) is 0.909. The van der Waals surface area contributed by atoms with Gasteiger partial charge in [0, 0.05) is 19.3 Å². The Bertz CT molecular complexity index is 180. The molecule has 1 aliphatic carbocycles. The van der Waals surface area contributed by atoms with Crippen LogP contribution in [-0.4, -0.2) is 24.8 Å². The SMILES string of the molecule is C=C(C)N=CN(C)CC1CCC1. The van der Waals surface area contributed by atoms with Crippen LogP contribution in [0.4, 0.5) is 0 Å². The molecule has 0 aromatic heterocycles. The fraction of sp³-hybridized carbons (Fsp3) is 0.700. The second-order valence-corrected chi connectivity index (χ2v) is 3.72. The van der Waals surface area contributed by atoms with Gasteiger partial charge in [0.05, 0.1) is 6.34 Å². The maximum absolute atomic E-state index is 4.14. The van der Waals surface area contributed by atoms with E-state index in [-0.39, 0.29) is 0 Å². The summed E-state index contributed by atoms with van der Waals surface area (Å²) in [6, 6.07) is 0. The van der Waals surface area contributed by atoms with Crippen LogP contribution in [0.15, 0.2) is 17.3 Å². The molecule has 2 nitrogen and oxygen atoms in total. The van der Waals surface area contributed by atoms with Crippen molar-refractivity contribution in [3.05, 3.63) is 12.3 Å². The molecule has 0 aromatic carbocycles. The monoisotopic (exact) mass is 166 g/mol. The number of hydrogen-bond acceptors (Lipinski definition) is 1. The van der Waals surface area contributed by atoms with Gasteiger partial charge in [-0.3, -0.25) is 0 Å². The van der Waals surface area contributed by atoms with Gasteiger partial charge in [-0.15, -0.1) is 0 Å². The van der Waals surface area contributed by atoms with Crippen LogP contribution in [0.3, 0.4) is 0 Å². The van der Waals surface area contributed by atoms with Crippen LogP contribution in [-0.2, 0) is 0 Å². The number of rotatable bonds is 4. The Balaban J connectivity index is 2.18. The Morgan fingerprint density at radius 1 is 1.67 bits per heavy atom. The highest BCUT2D eigenvalue weighted by Gasteiger charge is 2.17. The predicted octanol–water partition coefficient (Wildman–Crippen LogP) is 2.28. The van der Waals surface area contributed by atoms with Gasteiger partial charge >= 0.3 is 0 Å². The molecule has 0 N–H and O–H groups in total. The molecule has 0 spiro atoms. The summed E-state index contributed by atoms with van der Waals surface area (Å²) < 4.78 is 0. The van der Waals surface area contributed by atoms with Crippen LogP contribution in [0.25, 0.3) is 0 Å². The van der Waals surface area contributed by atoms with Crippen LogP contribution in [0.2, 0.25) is 0 Å². The van der Waals surface area contributed by atoms with Crippen molar-refractivity contribution in [1.29, 1.82) is 0 Å². The number of aliphatic imine (C=N–C) groups is 1. The van der Waals surface area contributed by atoms with Gasteiger partial charge in [0.15, 0.2) is 0 Å². The molecule has 1 fully saturated rings. The third-order valence-corrected chi connectivity index (χ3v) is 2.25. The molecule has 1 aliphatic rings. The van der Waals surface area contributed by atoms with E-state index < -0.39 is 0 Å². The lowest BCUT2D eigenvalue weighted by Gasteiger charge is -2.28. The van der Waals surface area contributed by atoms with Crippen molar-refractivity contribution in [1.82, 2.24) is 4.90 Å². The molecule has 0 aromatic rings. The van der Waals surface area contributed by atoms with E-state index in [9.17, 15) is 0 Å². The van der Waals surface area contributed by atoms with Gasteiger partial charge in [-0.1, -0.05) is 13.0 Å². The molecule has 0 atom stereocenters. The minimum Gasteiger partial charge on any atom is -0.365 e. The van der Waals surface area contributed by atoms with Crippen molar-refractivity contribution < 1.29 is 0 Å². The Morgan fingerprint density at radius 3 is 2.75 bits per heavy atom. The standard InChI is InChI=1S/C10H18N2/c1-9(2)11-8-12(3)7-10-5-4-6-10/h8,10H,1,4-7H2,2-3H3. The molecule has 0 bridgehead atoms. The van der Waals surface area contributed by atoms with Gasteiger partial charge in [0.1, 0.15) is 0 Å². The smallest absolute Gasteiger partial charge is 0.0905 e. The van der Waals surface area contributed by atoms with E-state index in [2.05, 4.69) is 23.5 Å². The quantitative estimate of drug-likeness (QED) is 0.462. The molecular formula is C10H18N2. The minimum absolute atomic E-state index is 0.871. The molecule has 0 radical (unpaired) electrons. The normalized spacial score (nSPS) is 17.8. The zero-order valence-corrected chi connectivity index (χ0v) is 8.08. The molecule has 0 heterocycles. The van der Waals surface area contributed by atoms with Gasteiger partial charge in [-0.25, -0.2) is 4.99 Å². The van der Waals surface area contributed by atoms with E-state index in [0.29, 0.717) is 0 Å². The van der Waals surface area contributed by atoms with E-state index in [1.165, 1.54) is 19.3 Å². The van der Waals surface area contributed by atoms with Gasteiger partial charge in [0.25, 0.3) is 0 Å². The van der Waals surface area contributed by atoms with E-state index in [1.54, 1.807) is 0 Å². The number of nitrogens with zero attached hydrogens (tertiary/aromatic N) is 2. The summed E-state index contributed by atoms with van der Waals surface area (Å²) in [7, 11) is 2.07. The molecule has 0 aliphatic heterocycles. The number of allylic oxidation sites excluding steroid dienone is 1. The summed E-state index contributed by atoms with van der Waals surface area (Å²) >= 11 is 0. The lowest BCUT2D eigenvalue weighted by Crippen LogP contribution is -2.28. The summed E-state index contributed by atoms with van der Waals surface area (Å²) in [4.78, 5) is 6.29. The first kappa shape index (κ1) is 9.30. The van der Waals surface area contributed by atoms with Crippen molar-refractivity contribution in [2.75, 3.05) is 13.6 Å². The summed E-state index contributed by atoms with van der Waals surface area (Å²) in [5, 5.41) is 0. The van der Waals surface area contributed by atoms with Gasteiger partial charge < -0.3 is 4.90 Å². The Hall–Kier alpha value is -0.790. The molecule has 0 unspecified atom stereocenters. The topological polar surface area (TPSA) is 15.6 Å². The summed E-state index contributed by atoms with van der Waals surface area (Å²) in [6.07, 6.45) is 6.08. The van der Waals surface area contributed by atoms with Gasteiger partial charge in [0.2, 0.25) is 0 Å². The van der Waals surface area contributed by atoms with E-state index >= 15 is 0 Å². The second kappa shape index (κ2) is 4.29. The predicted molar refractivity (Wildman–Crippen MR) is 53.3 cm³/mol. The van der Waals surface area contributed by atoms with Crippen LogP contribution < -0.4 is 0 Å². The largest absolute Gasteiger partial charge is 0.365 e. The molecule has 1 rings (SSSR count). The lowest BCUT2D eigenvalue weighted by atomic mass is 9.85. The lowest BCUT2D eigenvalue weighted by molar-refractivity contribution is 0.261. The molecular weight excluding hydrogens is 148 g/mol. The zero-order chi connectivity index (χ0) is 8.97. The van der Waals surface area contributed by atoms with Crippen molar-refractivity contribution in [3.63, 3.8) is 0 Å². The first-order valence-corrected chi connectivity index (χ1v) is 4.58. The van der Waals surface area contributed by atoms with Crippen molar-refractivity contribution in [3.8, 4) is 0 Å². The Kier molecular flexibility index (Phi) is 3.32. The summed E-state index contributed by atoms with van der Waals surface area (Å²) in [5.41, 5.74) is 0.871. The van der Waals surface area contributed by atoms with Crippen molar-refractivity contribution in [2.24, 2.45) is 10.9 Å². The Morgan fingerprint density at radius 2 is 2.33 bits per heavy atom. The van der Waals surface area contributed by atoms with Crippen molar-refractivity contribution >= 4 is 6.34 Å². The van der Waals surface area contributed by atoms with Crippen molar-refractivity contribution in [2.45, 2.75) is 26.2 Å². The molecule has 0 amide bonds. The van der Waals surface area contributed by atoms with Crippen LogP contribution >= 0.6 is 0 Å². The van der Waals surface area contributed by atoms with Crippen LogP contribution in [0, 0.1) is 5.92 Å². The zero-order valence-electron chi connectivity index (χ0n) is 8.08. The molecule has 2 heteroatoms. The van der Waals surface area contributed by atoms with E-state index in [0.717, 1.165) is 18.2 Å². The van der Waals surface area contributed by atoms with Gasteiger partial charge in [-0.2, -0.15) is 0 Å². The van der Waals surface area contributed by atoms with Gasteiger partial charge in [-0.05, 0) is 25.7 Å². The van der Waals surface area contributed by atoms with E-state index in [4.69, 9.17) is 0 Å². The van der Waals surface area contributed by atoms with Crippen LogP contribution in [0.5, 0.6) is 0 Å². The highest BCUT2D eigenvalue weighted by Crippen LogP contribution is 2.26. The first-order valence-electron chi connectivity index (χ1n) is 4.58. The molecule has 12 heavy (non-hydrogen) atoms. The average Bonchev–Trinajstić information content (AvgIpc) is 1.93. The average molecular weight is 166 g/mol. The molecule has 1 saturated carbocycles. The van der Waals surface area contributed by atoms with Crippen LogP contribution in [0.1, 0.15) is 26.2 Å². The Labute approximate surface area is 75.0 Å². The maximum atomic E-state index is 4.14. The number of hydrogen-bond donors (Lipinski definition) is 0. The fourth-order valence-corrected chi connectivity index (χ4v) is 1.33. The highest BCUT2D eigenvalue weighted by atomic mass is 15.1. The van der Waals surface area contributed by atoms with E-state index in [1.807, 2.05) is 13.3 Å². The third kappa shape index (κ3) is 3.07.